The molecule has 1 unspecified atom stereocenters. The van der Waals surface area contributed by atoms with Crippen molar-refractivity contribution in [1.29, 1.82) is 0 Å². The fourth-order valence-electron chi connectivity index (χ4n) is 2.73. The summed E-state index contributed by atoms with van der Waals surface area (Å²) in [6.07, 6.45) is 0. The van der Waals surface area contributed by atoms with Crippen LogP contribution in [0.15, 0.2) is 29.2 Å². The number of hydrogen-bond acceptors (Lipinski definition) is 4. The second kappa shape index (κ2) is 5.72. The number of rotatable bonds is 3. The first-order chi connectivity index (χ1) is 10.4. The van der Waals surface area contributed by atoms with Gasteiger partial charge >= 0.3 is 0 Å². The Hall–Kier alpha value is -1.31. The number of aromatic amines is 1. The summed E-state index contributed by atoms with van der Waals surface area (Å²) in [5, 5.41) is 6.62. The van der Waals surface area contributed by atoms with E-state index < -0.39 is 10.0 Å². The highest BCUT2D eigenvalue weighted by Crippen LogP contribution is 2.42. The summed E-state index contributed by atoms with van der Waals surface area (Å²) < 4.78 is 27.7. The van der Waals surface area contributed by atoms with E-state index >= 15 is 0 Å². The van der Waals surface area contributed by atoms with E-state index in [0.717, 1.165) is 11.3 Å². The predicted molar refractivity (Wildman–Crippen MR) is 88.3 cm³/mol. The number of nitrogens with zero attached hydrogens (tertiary/aromatic N) is 2. The van der Waals surface area contributed by atoms with Crippen LogP contribution < -0.4 is 0 Å². The second-order valence-electron chi connectivity index (χ2n) is 5.51. The van der Waals surface area contributed by atoms with Gasteiger partial charge in [-0.25, -0.2) is 8.42 Å². The summed E-state index contributed by atoms with van der Waals surface area (Å²) in [6.45, 7) is 6.02. The van der Waals surface area contributed by atoms with Crippen molar-refractivity contribution in [3.8, 4) is 0 Å². The Bertz CT molecular complexity index is 762. The zero-order chi connectivity index (χ0) is 15.9. The Morgan fingerprint density at radius 1 is 1.23 bits per heavy atom. The standard InChI is InChI=1S/C15H19N3O2S2/c1-10-4-6-13(7-5-10)15-18(8-9-21-15)22(19,20)14-11(2)16-17-12(14)3/h4-7,15H,8-9H2,1-3H3,(H,16,17). The maximum atomic E-state index is 13.0. The van der Waals surface area contributed by atoms with Crippen molar-refractivity contribution in [3.05, 3.63) is 46.8 Å². The zero-order valence-electron chi connectivity index (χ0n) is 12.8. The highest BCUT2D eigenvalue weighted by Gasteiger charge is 2.39. The Morgan fingerprint density at radius 3 is 2.50 bits per heavy atom. The SMILES string of the molecule is Cc1ccc(C2SCCN2S(=O)(=O)c2c(C)n[nH]c2C)cc1. The third-order valence-electron chi connectivity index (χ3n) is 3.84. The molecule has 0 spiro atoms. The topological polar surface area (TPSA) is 66.1 Å². The molecule has 1 aliphatic rings. The molecule has 2 aromatic rings. The fraction of sp³-hybridized carbons (Fsp3) is 0.400. The monoisotopic (exact) mass is 337 g/mol. The molecule has 2 heterocycles. The van der Waals surface area contributed by atoms with Gasteiger partial charge in [0.2, 0.25) is 10.0 Å². The summed E-state index contributed by atoms with van der Waals surface area (Å²) in [5.74, 6) is 0.799. The number of aryl methyl sites for hydroxylation is 3. The number of benzene rings is 1. The predicted octanol–water partition coefficient (Wildman–Crippen LogP) is 2.77. The van der Waals surface area contributed by atoms with Crippen LogP contribution in [0.4, 0.5) is 0 Å². The highest BCUT2D eigenvalue weighted by atomic mass is 32.2. The molecule has 1 N–H and O–H groups in total. The van der Waals surface area contributed by atoms with Gasteiger partial charge in [0.1, 0.15) is 4.90 Å². The van der Waals surface area contributed by atoms with Crippen molar-refractivity contribution in [2.75, 3.05) is 12.3 Å². The van der Waals surface area contributed by atoms with Crippen molar-refractivity contribution in [2.24, 2.45) is 0 Å². The average Bonchev–Trinajstić information content (AvgIpc) is 3.07. The van der Waals surface area contributed by atoms with E-state index in [0.29, 0.717) is 22.8 Å². The smallest absolute Gasteiger partial charge is 0.248 e. The molecule has 1 fully saturated rings. The van der Waals surface area contributed by atoms with E-state index in [-0.39, 0.29) is 5.37 Å². The maximum Gasteiger partial charge on any atom is 0.248 e. The van der Waals surface area contributed by atoms with Crippen LogP contribution in [-0.4, -0.2) is 35.2 Å². The quantitative estimate of drug-likeness (QED) is 0.935. The van der Waals surface area contributed by atoms with Gasteiger partial charge in [0.05, 0.1) is 16.8 Å². The molecule has 0 saturated carbocycles. The van der Waals surface area contributed by atoms with Crippen LogP contribution in [0.3, 0.4) is 0 Å². The van der Waals surface area contributed by atoms with Crippen molar-refractivity contribution in [1.82, 2.24) is 14.5 Å². The Kier molecular flexibility index (Phi) is 4.05. The zero-order valence-corrected chi connectivity index (χ0v) is 14.5. The van der Waals surface area contributed by atoms with E-state index in [1.165, 1.54) is 5.56 Å². The molecule has 118 valence electrons. The molecule has 5 nitrogen and oxygen atoms in total. The lowest BCUT2D eigenvalue weighted by Crippen LogP contribution is -2.31. The van der Waals surface area contributed by atoms with Gasteiger partial charge in [-0.2, -0.15) is 9.40 Å². The Labute approximate surface area is 135 Å². The number of thioether (sulfide) groups is 1. The molecule has 0 bridgehead atoms. The van der Waals surface area contributed by atoms with Gasteiger partial charge in [0, 0.05) is 12.3 Å². The minimum Gasteiger partial charge on any atom is -0.281 e. The first kappa shape index (κ1) is 15.6. The number of hydrogen-bond donors (Lipinski definition) is 1. The van der Waals surface area contributed by atoms with E-state index in [4.69, 9.17) is 0 Å². The minimum atomic E-state index is -3.55. The summed E-state index contributed by atoms with van der Waals surface area (Å²) in [4.78, 5) is 0.312. The van der Waals surface area contributed by atoms with Crippen LogP contribution in [0.5, 0.6) is 0 Å². The van der Waals surface area contributed by atoms with Crippen molar-refractivity contribution >= 4 is 21.8 Å². The van der Waals surface area contributed by atoms with Crippen LogP contribution in [0.2, 0.25) is 0 Å². The van der Waals surface area contributed by atoms with E-state index in [1.807, 2.05) is 31.2 Å². The molecule has 0 amide bonds. The lowest BCUT2D eigenvalue weighted by atomic mass is 10.1. The molecule has 0 radical (unpaired) electrons. The summed E-state index contributed by atoms with van der Waals surface area (Å²) in [7, 11) is -3.55. The van der Waals surface area contributed by atoms with E-state index in [9.17, 15) is 8.42 Å². The van der Waals surface area contributed by atoms with Gasteiger partial charge in [-0.3, -0.25) is 5.10 Å². The van der Waals surface area contributed by atoms with Gasteiger partial charge in [-0.1, -0.05) is 29.8 Å². The number of sulfonamides is 1. The van der Waals surface area contributed by atoms with Gasteiger partial charge in [-0.15, -0.1) is 11.8 Å². The van der Waals surface area contributed by atoms with Crippen LogP contribution >= 0.6 is 11.8 Å². The summed E-state index contributed by atoms with van der Waals surface area (Å²) in [5.41, 5.74) is 3.31. The van der Waals surface area contributed by atoms with Crippen molar-refractivity contribution in [2.45, 2.75) is 31.0 Å². The molecular formula is C15H19N3O2S2. The molecule has 1 atom stereocenters. The molecule has 1 aromatic carbocycles. The normalized spacial score (nSPS) is 19.7. The summed E-state index contributed by atoms with van der Waals surface area (Å²) in [6, 6.07) is 8.06. The lowest BCUT2D eigenvalue weighted by Gasteiger charge is -2.23. The number of aromatic nitrogens is 2. The lowest BCUT2D eigenvalue weighted by molar-refractivity contribution is 0.433. The minimum absolute atomic E-state index is 0.167. The molecular weight excluding hydrogens is 318 g/mol. The van der Waals surface area contributed by atoms with Crippen molar-refractivity contribution < 1.29 is 8.42 Å². The van der Waals surface area contributed by atoms with E-state index in [2.05, 4.69) is 10.2 Å². The first-order valence-electron chi connectivity index (χ1n) is 7.13. The largest absolute Gasteiger partial charge is 0.281 e. The van der Waals surface area contributed by atoms with Crippen LogP contribution in [-0.2, 0) is 10.0 Å². The number of H-pyrrole nitrogens is 1. The molecule has 1 saturated heterocycles. The molecule has 22 heavy (non-hydrogen) atoms. The molecule has 7 heteroatoms. The van der Waals surface area contributed by atoms with Gasteiger partial charge < -0.3 is 0 Å². The fourth-order valence-corrected chi connectivity index (χ4v) is 6.31. The first-order valence-corrected chi connectivity index (χ1v) is 9.61. The molecule has 3 rings (SSSR count). The summed E-state index contributed by atoms with van der Waals surface area (Å²) >= 11 is 1.66. The van der Waals surface area contributed by atoms with Gasteiger partial charge in [0.15, 0.2) is 0 Å². The highest BCUT2D eigenvalue weighted by molar-refractivity contribution is 8.01. The van der Waals surface area contributed by atoms with Crippen LogP contribution in [0.1, 0.15) is 27.9 Å². The Balaban J connectivity index is 2.01. The third kappa shape index (κ3) is 2.57. The Morgan fingerprint density at radius 2 is 1.91 bits per heavy atom. The molecule has 0 aliphatic carbocycles. The number of nitrogens with one attached hydrogen (secondary N) is 1. The maximum absolute atomic E-state index is 13.0. The third-order valence-corrected chi connectivity index (χ3v) is 7.36. The van der Waals surface area contributed by atoms with E-state index in [1.54, 1.807) is 29.9 Å². The van der Waals surface area contributed by atoms with Crippen LogP contribution in [0.25, 0.3) is 0 Å². The van der Waals surface area contributed by atoms with Gasteiger partial charge in [0.25, 0.3) is 0 Å². The van der Waals surface area contributed by atoms with Crippen LogP contribution in [0, 0.1) is 20.8 Å². The average molecular weight is 337 g/mol. The molecule has 1 aliphatic heterocycles. The second-order valence-corrected chi connectivity index (χ2v) is 8.53. The van der Waals surface area contributed by atoms with Gasteiger partial charge in [-0.05, 0) is 26.3 Å². The molecule has 1 aromatic heterocycles. The van der Waals surface area contributed by atoms with Crippen molar-refractivity contribution in [3.63, 3.8) is 0 Å².